The van der Waals surface area contributed by atoms with E-state index >= 15 is 0 Å². The number of hydrogen-bond donors (Lipinski definition) is 0. The van der Waals surface area contributed by atoms with Crippen LogP contribution in [0.2, 0.25) is 0 Å². The van der Waals surface area contributed by atoms with Crippen molar-refractivity contribution in [1.29, 1.82) is 0 Å². The number of aromatic nitrogens is 2. The standard InChI is InChI=1S/C136H95BN4/c1-136(2,3)112-86-131-133-132(87-112)141(135-120(105-60-36-56-100(76-105)92-42-16-6-17-43-92)83-111(97-52-26-11-27-53-97)84-121(135)106-61-37-57-101(77-106)93-44-18-7-19-45-93)130-89-114(139-127-67-33-30-64-117(127)122-88-113(70-73-128(122)139)138-125-65-31-28-62-115(125)116-63-29-32-66-126(116)138)69-71-123(130)137(133)124-85-102(109-79-107(94-46-20-8-21-47-94)78-108(80-109)95-48-22-9-23-49-95)68-72-129(124)140(131)134-118(103-58-34-54-98(74-103)90-38-12-4-13-39-90)81-110(96-50-24-10-25-51-96)82-119(134)104-59-35-55-99(75-104)91-40-14-5-15-41-91/h4-89H,1-3H3/i28D,29D,30D,31D,32D,33D,62D,63D,64D,65D,66D,67D,70D,73D,88D. The number of fused-ring (bicyclic) bond motifs is 10. The van der Waals surface area contributed by atoms with Gasteiger partial charge in [-0.1, -0.05) is 409 Å². The Hall–Kier alpha value is -17.9. The molecule has 0 fully saturated rings. The predicted octanol–water partition coefficient (Wildman–Crippen LogP) is 34.9. The van der Waals surface area contributed by atoms with E-state index in [0.29, 0.717) is 5.69 Å². The molecule has 0 amide bonds. The molecule has 22 aromatic carbocycles. The molecule has 2 aromatic heterocycles. The fourth-order valence-electron chi connectivity index (χ4n) is 21.3. The molecule has 0 saturated carbocycles. The Morgan fingerprint density at radius 2 is 0.496 bits per heavy atom. The third kappa shape index (κ3) is 14.9. The number of rotatable bonds is 17. The van der Waals surface area contributed by atoms with Crippen molar-refractivity contribution in [3.8, 4) is 156 Å². The van der Waals surface area contributed by atoms with Gasteiger partial charge in [-0.15, -0.1) is 0 Å². The molecular formula is C136H95BN4. The molecule has 26 rings (SSSR count). The molecular weight excluding hydrogens is 1700 g/mol. The lowest BCUT2D eigenvalue weighted by Crippen LogP contribution is -2.61. The van der Waals surface area contributed by atoms with Gasteiger partial charge in [0.15, 0.2) is 0 Å². The molecule has 0 N–H and O–H groups in total. The molecule has 24 aromatic rings. The molecule has 141 heavy (non-hydrogen) atoms. The van der Waals surface area contributed by atoms with Gasteiger partial charge in [0.2, 0.25) is 0 Å². The van der Waals surface area contributed by atoms with Crippen LogP contribution in [0.4, 0.5) is 34.1 Å². The zero-order valence-corrected chi connectivity index (χ0v) is 77.4. The van der Waals surface area contributed by atoms with Crippen LogP contribution in [0.25, 0.3) is 200 Å². The lowest BCUT2D eigenvalue weighted by Gasteiger charge is -2.46. The summed E-state index contributed by atoms with van der Waals surface area (Å²) in [6.45, 7) is 6.02. The molecule has 0 bridgehead atoms. The average molecular weight is 1810 g/mol. The predicted molar refractivity (Wildman–Crippen MR) is 599 cm³/mol. The van der Waals surface area contributed by atoms with Crippen molar-refractivity contribution in [2.75, 3.05) is 9.80 Å². The van der Waals surface area contributed by atoms with Crippen LogP contribution in [0.3, 0.4) is 0 Å². The van der Waals surface area contributed by atoms with Crippen molar-refractivity contribution >= 4 is 101 Å². The summed E-state index contributed by atoms with van der Waals surface area (Å²) in [5, 5.41) is -1.13. The third-order valence-corrected chi connectivity index (χ3v) is 28.1. The van der Waals surface area contributed by atoms with Crippen LogP contribution in [0.1, 0.15) is 46.9 Å². The van der Waals surface area contributed by atoms with Gasteiger partial charge < -0.3 is 18.9 Å². The second kappa shape index (κ2) is 34.7. The number of anilines is 6. The van der Waals surface area contributed by atoms with E-state index in [4.69, 9.17) is 2.74 Å². The third-order valence-electron chi connectivity index (χ3n) is 28.1. The highest BCUT2D eigenvalue weighted by Crippen LogP contribution is 2.57. The summed E-state index contributed by atoms with van der Waals surface area (Å²) >= 11 is 0. The molecule has 5 heteroatoms. The number of hydrogen-bond acceptors (Lipinski definition) is 2. The van der Waals surface area contributed by atoms with Crippen LogP contribution in [0.15, 0.2) is 521 Å². The SMILES string of the molecule is [2H]c1c([2H])c([2H])c2c(c1[2H])c1c([2H])c(-n3c4c([2H])c([2H])c([2H])c([2H])c4c4c([2H])c([2H])c([2H])c([2H])c43)c([2H])c([2H])c1n2-c1ccc2c(c1)N(c1c(-c3cccc(-c4ccccc4)c3)cc(-c3ccccc3)cc1-c1cccc(-c3ccccc3)c1)c1cc(C(C)(C)C)cc3c1B2c1cc(-c2cc(-c4ccccc4)cc(-c4ccccc4)c2)ccc1N3c1c(-c2cccc(-c3ccccc3)c2)cc(-c2ccccc2)cc1-c1cccc(-c2ccccc2)c1. The molecule has 0 unspecified atom stereocenters. The number of para-hydroxylation sites is 3. The Kier molecular flexibility index (Phi) is 17.0. The fraction of sp³-hybridized carbons (Fsp3) is 0.0294. The Balaban J connectivity index is 0.857. The molecule has 0 radical (unpaired) electrons. The Morgan fingerprint density at radius 3 is 0.865 bits per heavy atom. The van der Waals surface area contributed by atoms with Crippen LogP contribution in [-0.4, -0.2) is 15.8 Å². The van der Waals surface area contributed by atoms with Gasteiger partial charge in [0.1, 0.15) is 0 Å². The topological polar surface area (TPSA) is 16.3 Å². The molecule has 2 aliphatic rings. The minimum absolute atomic E-state index is 0.172. The lowest BCUT2D eigenvalue weighted by atomic mass is 9.33. The summed E-state index contributed by atoms with van der Waals surface area (Å²) in [4.78, 5) is 5.01. The highest BCUT2D eigenvalue weighted by atomic mass is 15.2. The quantitative estimate of drug-likeness (QED) is 0.0845. The molecule has 4 nitrogen and oxygen atoms in total. The van der Waals surface area contributed by atoms with E-state index in [2.05, 4.69) is 419 Å². The summed E-state index contributed by atoms with van der Waals surface area (Å²) in [5.74, 6) is 0. The first-order valence-corrected chi connectivity index (χ1v) is 47.8. The highest BCUT2D eigenvalue weighted by Gasteiger charge is 2.47. The number of nitrogens with zero attached hydrogens (tertiary/aromatic N) is 4. The highest BCUT2D eigenvalue weighted by molar-refractivity contribution is 7.00. The molecule has 0 saturated heterocycles. The van der Waals surface area contributed by atoms with Gasteiger partial charge in [-0.25, -0.2) is 0 Å². The van der Waals surface area contributed by atoms with Crippen LogP contribution >= 0.6 is 0 Å². The zero-order chi connectivity index (χ0) is 107. The average Bonchev–Trinajstić information content (AvgIpc) is 1.62. The van der Waals surface area contributed by atoms with Crippen molar-refractivity contribution in [2.24, 2.45) is 0 Å². The van der Waals surface area contributed by atoms with Gasteiger partial charge in [0.25, 0.3) is 6.71 Å². The van der Waals surface area contributed by atoms with E-state index in [9.17, 15) is 17.8 Å². The van der Waals surface area contributed by atoms with Crippen LogP contribution in [0.5, 0.6) is 0 Å². The van der Waals surface area contributed by atoms with Gasteiger partial charge in [-0.2, -0.15) is 0 Å². The van der Waals surface area contributed by atoms with E-state index in [1.807, 2.05) is 42.5 Å². The van der Waals surface area contributed by atoms with Gasteiger partial charge in [0, 0.05) is 77.9 Å². The minimum atomic E-state index is -0.767. The smallest absolute Gasteiger partial charge is 0.252 e. The molecule has 2 aliphatic heterocycles. The first kappa shape index (κ1) is 69.0. The Bertz CT molecular complexity index is 9640. The summed E-state index contributed by atoms with van der Waals surface area (Å²) < 4.78 is 151. The minimum Gasteiger partial charge on any atom is -0.310 e. The second-order valence-corrected chi connectivity index (χ2v) is 37.5. The molecule has 4 heterocycles. The van der Waals surface area contributed by atoms with Gasteiger partial charge in [-0.3, -0.25) is 0 Å². The molecule has 0 atom stereocenters. The maximum atomic E-state index is 11.1. The van der Waals surface area contributed by atoms with Crippen LogP contribution in [0, 0.1) is 0 Å². The van der Waals surface area contributed by atoms with Gasteiger partial charge in [-0.05, 0) is 283 Å². The summed E-state index contributed by atoms with van der Waals surface area (Å²) in [5.41, 5.74) is 30.9. The van der Waals surface area contributed by atoms with Crippen molar-refractivity contribution in [2.45, 2.75) is 26.2 Å². The van der Waals surface area contributed by atoms with Gasteiger partial charge >= 0.3 is 0 Å². The largest absolute Gasteiger partial charge is 0.310 e. The molecule has 662 valence electrons. The second-order valence-electron chi connectivity index (χ2n) is 37.5. The molecule has 0 aliphatic carbocycles. The zero-order valence-electron chi connectivity index (χ0n) is 92.4. The van der Waals surface area contributed by atoms with Crippen LogP contribution < -0.4 is 26.2 Å². The van der Waals surface area contributed by atoms with E-state index in [-0.39, 0.29) is 38.3 Å². The normalized spacial score (nSPS) is 13.7. The molecule has 0 spiro atoms. The first-order chi connectivity index (χ1) is 75.8. The van der Waals surface area contributed by atoms with Crippen molar-refractivity contribution in [3.63, 3.8) is 0 Å². The van der Waals surface area contributed by atoms with E-state index in [1.165, 1.54) is 0 Å². The van der Waals surface area contributed by atoms with E-state index in [0.717, 1.165) is 200 Å². The maximum Gasteiger partial charge on any atom is 0.252 e. The van der Waals surface area contributed by atoms with Crippen molar-refractivity contribution in [1.82, 2.24) is 9.13 Å². The van der Waals surface area contributed by atoms with E-state index in [1.54, 1.807) is 4.57 Å². The fourth-order valence-corrected chi connectivity index (χ4v) is 21.3. The maximum absolute atomic E-state index is 11.1. The summed E-state index contributed by atoms with van der Waals surface area (Å²) in [7, 11) is 0. The monoisotopic (exact) mass is 1810 g/mol. The van der Waals surface area contributed by atoms with Crippen molar-refractivity contribution < 1.29 is 20.6 Å². The lowest BCUT2D eigenvalue weighted by molar-refractivity contribution is 0.590. The van der Waals surface area contributed by atoms with Gasteiger partial charge in [0.05, 0.1) is 54.0 Å². The first-order valence-electron chi connectivity index (χ1n) is 55.3. The van der Waals surface area contributed by atoms with Crippen LogP contribution in [-0.2, 0) is 5.41 Å². The Morgan fingerprint density at radius 1 is 0.206 bits per heavy atom. The van der Waals surface area contributed by atoms with E-state index < -0.39 is 119 Å². The summed E-state index contributed by atoms with van der Waals surface area (Å²) in [6, 6.07) is 143. The van der Waals surface area contributed by atoms with Crippen molar-refractivity contribution in [3.05, 3.63) is 527 Å². The number of benzene rings is 22. The Labute approximate surface area is 844 Å². The summed E-state index contributed by atoms with van der Waals surface area (Å²) in [6.07, 6.45) is 0.